The lowest BCUT2D eigenvalue weighted by Gasteiger charge is -2.03. The highest BCUT2D eigenvalue weighted by Crippen LogP contribution is 2.13. The first-order valence-electron chi connectivity index (χ1n) is 4.81. The molecule has 0 unspecified atom stereocenters. The predicted octanol–water partition coefficient (Wildman–Crippen LogP) is 2.01. The molecule has 1 heterocycles. The molecule has 1 aromatic carbocycles. The molecule has 3 N–H and O–H groups in total. The van der Waals surface area contributed by atoms with Crippen molar-refractivity contribution < 1.29 is 0 Å². The van der Waals surface area contributed by atoms with E-state index in [4.69, 9.17) is 17.4 Å². The number of nitrogen functional groups attached to an aromatic ring is 1. The van der Waals surface area contributed by atoms with E-state index >= 15 is 0 Å². The van der Waals surface area contributed by atoms with Crippen LogP contribution in [0.15, 0.2) is 36.5 Å². The molecule has 1 aromatic heterocycles. The first kappa shape index (κ1) is 10.9. The molecule has 0 saturated carbocycles. The molecule has 2 rings (SSSR count). The van der Waals surface area contributed by atoms with Crippen molar-refractivity contribution in [3.05, 3.63) is 52.9 Å². The lowest BCUT2D eigenvalue weighted by molar-refractivity contribution is 0.965. The zero-order valence-corrected chi connectivity index (χ0v) is 9.28. The van der Waals surface area contributed by atoms with Gasteiger partial charge in [0.25, 0.3) is 0 Å². The molecule has 16 heavy (non-hydrogen) atoms. The molecular weight excluding hydrogens is 224 g/mol. The molecule has 4 nitrogen and oxygen atoms in total. The van der Waals surface area contributed by atoms with Crippen molar-refractivity contribution in [2.45, 2.75) is 6.42 Å². The maximum Gasteiger partial charge on any atom is 0.143 e. The third-order valence-corrected chi connectivity index (χ3v) is 2.34. The molecular formula is C11H11ClN4. The van der Waals surface area contributed by atoms with Crippen LogP contribution in [0, 0.1) is 0 Å². The Morgan fingerprint density at radius 1 is 1.31 bits per heavy atom. The maximum atomic E-state index is 5.90. The molecule has 5 heteroatoms. The van der Waals surface area contributed by atoms with E-state index in [1.54, 1.807) is 12.3 Å². The summed E-state index contributed by atoms with van der Waals surface area (Å²) < 4.78 is 0. The van der Waals surface area contributed by atoms with Gasteiger partial charge in [-0.15, -0.1) is 0 Å². The van der Waals surface area contributed by atoms with E-state index in [1.165, 1.54) is 0 Å². The Bertz CT molecular complexity index is 487. The monoisotopic (exact) mass is 234 g/mol. The van der Waals surface area contributed by atoms with Crippen molar-refractivity contribution in [1.29, 1.82) is 0 Å². The van der Waals surface area contributed by atoms with Crippen molar-refractivity contribution in [2.75, 3.05) is 5.43 Å². The Morgan fingerprint density at radius 3 is 2.94 bits per heavy atom. The van der Waals surface area contributed by atoms with Gasteiger partial charge in [-0.1, -0.05) is 23.7 Å². The Balaban J connectivity index is 2.20. The number of aromatic nitrogens is 2. The SMILES string of the molecule is NNc1ccnc(Cc2cccc(Cl)c2)n1. The van der Waals surface area contributed by atoms with Crippen molar-refractivity contribution in [2.24, 2.45) is 5.84 Å². The van der Waals surface area contributed by atoms with Crippen LogP contribution in [0.5, 0.6) is 0 Å². The summed E-state index contributed by atoms with van der Waals surface area (Å²) in [5.41, 5.74) is 3.56. The van der Waals surface area contributed by atoms with Gasteiger partial charge in [-0.3, -0.25) is 0 Å². The quantitative estimate of drug-likeness (QED) is 0.630. The molecule has 0 saturated heterocycles. The third kappa shape index (κ3) is 2.68. The predicted molar refractivity (Wildman–Crippen MR) is 64.1 cm³/mol. The average molecular weight is 235 g/mol. The van der Waals surface area contributed by atoms with Crippen LogP contribution in [0.25, 0.3) is 0 Å². The molecule has 0 amide bonds. The number of halogens is 1. The highest BCUT2D eigenvalue weighted by Gasteiger charge is 2.01. The number of anilines is 1. The van der Waals surface area contributed by atoms with E-state index in [0.717, 1.165) is 5.56 Å². The van der Waals surface area contributed by atoms with E-state index in [2.05, 4.69) is 15.4 Å². The second-order valence-electron chi connectivity index (χ2n) is 3.31. The summed E-state index contributed by atoms with van der Waals surface area (Å²) >= 11 is 5.90. The second-order valence-corrected chi connectivity index (χ2v) is 3.75. The van der Waals surface area contributed by atoms with Crippen LogP contribution in [-0.2, 0) is 6.42 Å². The highest BCUT2D eigenvalue weighted by atomic mass is 35.5. The molecule has 0 aliphatic heterocycles. The standard InChI is InChI=1S/C11H11ClN4/c12-9-3-1-2-8(6-9)7-11-14-5-4-10(15-11)16-13/h1-6H,7,13H2,(H,14,15,16). The number of nitrogens with zero attached hydrogens (tertiary/aromatic N) is 2. The minimum atomic E-state index is 0.604. The summed E-state index contributed by atoms with van der Waals surface area (Å²) in [5.74, 6) is 6.58. The smallest absolute Gasteiger partial charge is 0.143 e. The number of rotatable bonds is 3. The van der Waals surface area contributed by atoms with Crippen molar-refractivity contribution in [1.82, 2.24) is 9.97 Å². The van der Waals surface area contributed by atoms with Gasteiger partial charge in [0, 0.05) is 23.7 Å². The van der Waals surface area contributed by atoms with Gasteiger partial charge >= 0.3 is 0 Å². The topological polar surface area (TPSA) is 63.8 Å². The zero-order valence-electron chi connectivity index (χ0n) is 8.52. The normalized spacial score (nSPS) is 10.1. The third-order valence-electron chi connectivity index (χ3n) is 2.10. The minimum absolute atomic E-state index is 0.604. The Kier molecular flexibility index (Phi) is 3.34. The Morgan fingerprint density at radius 2 is 2.19 bits per heavy atom. The Hall–Kier alpha value is -1.65. The summed E-state index contributed by atoms with van der Waals surface area (Å²) in [7, 11) is 0. The number of hydrogen-bond acceptors (Lipinski definition) is 4. The van der Waals surface area contributed by atoms with Crippen LogP contribution >= 0.6 is 11.6 Å². The summed E-state index contributed by atoms with van der Waals surface area (Å²) in [5, 5.41) is 0.714. The van der Waals surface area contributed by atoms with Crippen molar-refractivity contribution in [3.8, 4) is 0 Å². The summed E-state index contributed by atoms with van der Waals surface area (Å²) in [6, 6.07) is 9.33. The highest BCUT2D eigenvalue weighted by molar-refractivity contribution is 6.30. The molecule has 0 spiro atoms. The molecule has 82 valence electrons. The van der Waals surface area contributed by atoms with Crippen LogP contribution in [0.1, 0.15) is 11.4 Å². The van der Waals surface area contributed by atoms with E-state index in [0.29, 0.717) is 23.1 Å². The fourth-order valence-corrected chi connectivity index (χ4v) is 1.61. The fourth-order valence-electron chi connectivity index (χ4n) is 1.39. The van der Waals surface area contributed by atoms with Crippen LogP contribution in [0.3, 0.4) is 0 Å². The summed E-state index contributed by atoms with van der Waals surface area (Å²) in [6.45, 7) is 0. The molecule has 0 aliphatic carbocycles. The lowest BCUT2D eigenvalue weighted by atomic mass is 10.1. The van der Waals surface area contributed by atoms with Crippen LogP contribution < -0.4 is 11.3 Å². The Labute approximate surface area is 98.5 Å². The molecule has 0 atom stereocenters. The second kappa shape index (κ2) is 4.92. The van der Waals surface area contributed by atoms with Gasteiger partial charge in [0.1, 0.15) is 11.6 Å². The van der Waals surface area contributed by atoms with Crippen LogP contribution in [-0.4, -0.2) is 9.97 Å². The molecule has 2 aromatic rings. The van der Waals surface area contributed by atoms with Crippen LogP contribution in [0.2, 0.25) is 5.02 Å². The molecule has 0 bridgehead atoms. The van der Waals surface area contributed by atoms with Gasteiger partial charge < -0.3 is 5.43 Å². The minimum Gasteiger partial charge on any atom is -0.308 e. The number of hydrazine groups is 1. The molecule has 0 aliphatic rings. The average Bonchev–Trinajstić information content (AvgIpc) is 2.29. The van der Waals surface area contributed by atoms with Crippen LogP contribution in [0.4, 0.5) is 5.82 Å². The van der Waals surface area contributed by atoms with Gasteiger partial charge in [0.15, 0.2) is 0 Å². The van der Waals surface area contributed by atoms with Gasteiger partial charge in [0.2, 0.25) is 0 Å². The largest absolute Gasteiger partial charge is 0.308 e. The number of hydrogen-bond donors (Lipinski definition) is 2. The van der Waals surface area contributed by atoms with Gasteiger partial charge in [-0.2, -0.15) is 0 Å². The van der Waals surface area contributed by atoms with Crippen molar-refractivity contribution in [3.63, 3.8) is 0 Å². The fraction of sp³-hybridized carbons (Fsp3) is 0.0909. The van der Waals surface area contributed by atoms with Gasteiger partial charge in [-0.05, 0) is 17.7 Å². The molecule has 0 fully saturated rings. The summed E-state index contributed by atoms with van der Waals surface area (Å²) in [6.07, 6.45) is 2.30. The molecule has 0 radical (unpaired) electrons. The number of nitrogens with one attached hydrogen (secondary N) is 1. The number of nitrogens with two attached hydrogens (primary N) is 1. The van der Waals surface area contributed by atoms with E-state index in [9.17, 15) is 0 Å². The lowest BCUT2D eigenvalue weighted by Crippen LogP contribution is -2.10. The van der Waals surface area contributed by atoms with E-state index < -0.39 is 0 Å². The van der Waals surface area contributed by atoms with Crippen molar-refractivity contribution >= 4 is 17.4 Å². The first-order valence-corrected chi connectivity index (χ1v) is 5.19. The van der Waals surface area contributed by atoms with Gasteiger partial charge in [-0.25, -0.2) is 15.8 Å². The first-order chi connectivity index (χ1) is 7.78. The maximum absolute atomic E-state index is 5.90. The summed E-state index contributed by atoms with van der Waals surface area (Å²) in [4.78, 5) is 8.39. The number of benzene rings is 1. The zero-order chi connectivity index (χ0) is 11.4. The van der Waals surface area contributed by atoms with E-state index in [-0.39, 0.29) is 0 Å². The van der Waals surface area contributed by atoms with Gasteiger partial charge in [0.05, 0.1) is 0 Å². The van der Waals surface area contributed by atoms with E-state index in [1.807, 2.05) is 24.3 Å².